The standard InChI is InChI=1S/C13H25N/c1-3-14-13(11-7-8-11)12-6-4-5-10(2)9-12/h10-14H,3-9H2,1-2H3. The summed E-state index contributed by atoms with van der Waals surface area (Å²) in [5.74, 6) is 3.00. The van der Waals surface area contributed by atoms with Crippen LogP contribution in [-0.2, 0) is 0 Å². The molecule has 2 fully saturated rings. The van der Waals surface area contributed by atoms with Crippen LogP contribution in [0, 0.1) is 17.8 Å². The maximum Gasteiger partial charge on any atom is 0.0124 e. The Kier molecular flexibility index (Phi) is 3.48. The summed E-state index contributed by atoms with van der Waals surface area (Å²) < 4.78 is 0. The Bertz CT molecular complexity index is 174. The van der Waals surface area contributed by atoms with Crippen LogP contribution in [0.15, 0.2) is 0 Å². The molecule has 1 heteroatoms. The summed E-state index contributed by atoms with van der Waals surface area (Å²) in [4.78, 5) is 0. The van der Waals surface area contributed by atoms with Crippen LogP contribution in [0.4, 0.5) is 0 Å². The molecule has 0 heterocycles. The van der Waals surface area contributed by atoms with E-state index in [2.05, 4.69) is 19.2 Å². The fraction of sp³-hybridized carbons (Fsp3) is 1.00. The SMILES string of the molecule is CCNC(C1CC1)C1CCCC(C)C1. The third kappa shape index (κ3) is 2.50. The van der Waals surface area contributed by atoms with Gasteiger partial charge in [0.1, 0.15) is 0 Å². The van der Waals surface area contributed by atoms with Gasteiger partial charge >= 0.3 is 0 Å². The van der Waals surface area contributed by atoms with Gasteiger partial charge in [0.15, 0.2) is 0 Å². The second kappa shape index (κ2) is 4.65. The Morgan fingerprint density at radius 1 is 1.14 bits per heavy atom. The molecule has 0 amide bonds. The van der Waals surface area contributed by atoms with Crippen LogP contribution >= 0.6 is 0 Å². The Labute approximate surface area is 88.7 Å². The van der Waals surface area contributed by atoms with E-state index in [1.165, 1.54) is 38.5 Å². The first-order valence-electron chi connectivity index (χ1n) is 6.54. The lowest BCUT2D eigenvalue weighted by molar-refractivity contribution is 0.209. The first-order valence-corrected chi connectivity index (χ1v) is 6.54. The predicted octanol–water partition coefficient (Wildman–Crippen LogP) is 3.20. The highest BCUT2D eigenvalue weighted by atomic mass is 14.9. The van der Waals surface area contributed by atoms with Crippen molar-refractivity contribution in [3.05, 3.63) is 0 Å². The van der Waals surface area contributed by atoms with Crippen LogP contribution in [0.5, 0.6) is 0 Å². The molecule has 2 rings (SSSR count). The van der Waals surface area contributed by atoms with Gasteiger partial charge in [-0.3, -0.25) is 0 Å². The van der Waals surface area contributed by atoms with Gasteiger partial charge in [-0.2, -0.15) is 0 Å². The topological polar surface area (TPSA) is 12.0 Å². The van der Waals surface area contributed by atoms with E-state index in [4.69, 9.17) is 0 Å². The van der Waals surface area contributed by atoms with Crippen molar-refractivity contribution in [3.63, 3.8) is 0 Å². The normalized spacial score (nSPS) is 35.6. The molecule has 0 radical (unpaired) electrons. The first kappa shape index (κ1) is 10.5. The minimum atomic E-state index is 0.864. The second-order valence-electron chi connectivity index (χ2n) is 5.45. The van der Waals surface area contributed by atoms with Crippen molar-refractivity contribution in [2.75, 3.05) is 6.54 Å². The minimum absolute atomic E-state index is 0.864. The van der Waals surface area contributed by atoms with Crippen molar-refractivity contribution >= 4 is 0 Å². The van der Waals surface area contributed by atoms with Crippen LogP contribution < -0.4 is 5.32 Å². The van der Waals surface area contributed by atoms with Gasteiger partial charge in [0.2, 0.25) is 0 Å². The van der Waals surface area contributed by atoms with Gasteiger partial charge in [0.25, 0.3) is 0 Å². The minimum Gasteiger partial charge on any atom is -0.314 e. The summed E-state index contributed by atoms with van der Waals surface area (Å²) in [5, 5.41) is 3.73. The fourth-order valence-electron chi connectivity index (χ4n) is 3.22. The molecule has 0 spiro atoms. The zero-order chi connectivity index (χ0) is 9.97. The van der Waals surface area contributed by atoms with Crippen LogP contribution in [0.1, 0.15) is 52.4 Å². The van der Waals surface area contributed by atoms with E-state index in [-0.39, 0.29) is 0 Å². The summed E-state index contributed by atoms with van der Waals surface area (Å²) in [6.07, 6.45) is 8.89. The molecular weight excluding hydrogens is 170 g/mol. The van der Waals surface area contributed by atoms with Crippen molar-refractivity contribution in [1.82, 2.24) is 5.32 Å². The summed E-state index contributed by atoms with van der Waals surface area (Å²) in [5.41, 5.74) is 0. The van der Waals surface area contributed by atoms with Gasteiger partial charge < -0.3 is 5.32 Å². The molecule has 1 nitrogen and oxygen atoms in total. The first-order chi connectivity index (χ1) is 6.81. The molecule has 2 aliphatic rings. The van der Waals surface area contributed by atoms with E-state index in [0.29, 0.717) is 0 Å². The zero-order valence-electron chi connectivity index (χ0n) is 9.76. The molecular formula is C13H25N. The van der Waals surface area contributed by atoms with Crippen molar-refractivity contribution in [3.8, 4) is 0 Å². The average Bonchev–Trinajstić information content (AvgIpc) is 2.97. The van der Waals surface area contributed by atoms with Crippen LogP contribution in [-0.4, -0.2) is 12.6 Å². The largest absolute Gasteiger partial charge is 0.314 e. The van der Waals surface area contributed by atoms with E-state index in [1.807, 2.05) is 0 Å². The number of hydrogen-bond acceptors (Lipinski definition) is 1. The summed E-state index contributed by atoms with van der Waals surface area (Å²) >= 11 is 0. The van der Waals surface area contributed by atoms with Gasteiger partial charge in [-0.1, -0.05) is 26.7 Å². The van der Waals surface area contributed by atoms with Crippen molar-refractivity contribution in [1.29, 1.82) is 0 Å². The molecule has 0 aromatic heterocycles. The van der Waals surface area contributed by atoms with Gasteiger partial charge in [-0.05, 0) is 50.0 Å². The lowest BCUT2D eigenvalue weighted by atomic mass is 9.77. The molecule has 3 atom stereocenters. The molecule has 82 valence electrons. The second-order valence-corrected chi connectivity index (χ2v) is 5.45. The molecule has 3 unspecified atom stereocenters. The van der Waals surface area contributed by atoms with E-state index >= 15 is 0 Å². The van der Waals surface area contributed by atoms with Gasteiger partial charge in [0.05, 0.1) is 0 Å². The average molecular weight is 195 g/mol. The van der Waals surface area contributed by atoms with Crippen molar-refractivity contribution < 1.29 is 0 Å². The summed E-state index contributed by atoms with van der Waals surface area (Å²) in [7, 11) is 0. The number of hydrogen-bond donors (Lipinski definition) is 1. The molecule has 0 aromatic rings. The Morgan fingerprint density at radius 2 is 1.93 bits per heavy atom. The van der Waals surface area contributed by atoms with Gasteiger partial charge in [-0.25, -0.2) is 0 Å². The highest BCUT2D eigenvalue weighted by Crippen LogP contribution is 2.41. The summed E-state index contributed by atoms with van der Waals surface area (Å²) in [6, 6.07) is 0.864. The fourth-order valence-corrected chi connectivity index (χ4v) is 3.22. The van der Waals surface area contributed by atoms with E-state index < -0.39 is 0 Å². The Balaban J connectivity index is 1.88. The number of rotatable bonds is 4. The third-order valence-corrected chi connectivity index (χ3v) is 4.05. The highest BCUT2D eigenvalue weighted by molar-refractivity contribution is 4.92. The van der Waals surface area contributed by atoms with Gasteiger partial charge in [-0.15, -0.1) is 0 Å². The maximum absolute atomic E-state index is 3.73. The van der Waals surface area contributed by atoms with E-state index in [0.717, 1.165) is 30.3 Å². The smallest absolute Gasteiger partial charge is 0.0124 e. The van der Waals surface area contributed by atoms with E-state index in [9.17, 15) is 0 Å². The van der Waals surface area contributed by atoms with Crippen LogP contribution in [0.25, 0.3) is 0 Å². The molecule has 0 aromatic carbocycles. The van der Waals surface area contributed by atoms with Crippen molar-refractivity contribution in [2.24, 2.45) is 17.8 Å². The quantitative estimate of drug-likeness (QED) is 0.726. The molecule has 1 N–H and O–H groups in total. The third-order valence-electron chi connectivity index (χ3n) is 4.05. The van der Waals surface area contributed by atoms with Crippen LogP contribution in [0.3, 0.4) is 0 Å². The molecule has 2 saturated carbocycles. The molecule has 0 saturated heterocycles. The van der Waals surface area contributed by atoms with Crippen molar-refractivity contribution in [2.45, 2.75) is 58.4 Å². The highest BCUT2D eigenvalue weighted by Gasteiger charge is 2.37. The number of nitrogens with one attached hydrogen (secondary N) is 1. The lowest BCUT2D eigenvalue weighted by Crippen LogP contribution is -2.40. The van der Waals surface area contributed by atoms with Crippen LogP contribution in [0.2, 0.25) is 0 Å². The monoisotopic (exact) mass is 195 g/mol. The van der Waals surface area contributed by atoms with Gasteiger partial charge in [0, 0.05) is 6.04 Å². The Hall–Kier alpha value is -0.0400. The molecule has 0 bridgehead atoms. The molecule has 0 aliphatic heterocycles. The van der Waals surface area contributed by atoms with E-state index in [1.54, 1.807) is 0 Å². The summed E-state index contributed by atoms with van der Waals surface area (Å²) in [6.45, 7) is 5.84. The lowest BCUT2D eigenvalue weighted by Gasteiger charge is -2.34. The molecule has 2 aliphatic carbocycles. The molecule has 14 heavy (non-hydrogen) atoms. The Morgan fingerprint density at radius 3 is 2.50 bits per heavy atom. The zero-order valence-corrected chi connectivity index (χ0v) is 9.76. The maximum atomic E-state index is 3.73. The predicted molar refractivity (Wildman–Crippen MR) is 61.3 cm³/mol.